The van der Waals surface area contributed by atoms with Gasteiger partial charge in [-0.15, -0.1) is 24.0 Å². The summed E-state index contributed by atoms with van der Waals surface area (Å²) in [5.74, 6) is 1.09. The molecule has 2 aliphatic rings. The largest absolute Gasteiger partial charge is 0.357 e. The Morgan fingerprint density at radius 2 is 1.70 bits per heavy atom. The highest BCUT2D eigenvalue weighted by Crippen LogP contribution is 2.13. The van der Waals surface area contributed by atoms with Gasteiger partial charge in [0, 0.05) is 57.9 Å². The lowest BCUT2D eigenvalue weighted by Crippen LogP contribution is -2.54. The van der Waals surface area contributed by atoms with Crippen molar-refractivity contribution in [2.24, 2.45) is 4.99 Å². The second-order valence-corrected chi connectivity index (χ2v) is 7.44. The number of nitrogens with one attached hydrogen (secondary N) is 1. The number of nitro groups is 1. The third kappa shape index (κ3) is 6.79. The molecule has 0 aliphatic carbocycles. The van der Waals surface area contributed by atoms with E-state index in [1.165, 1.54) is 12.1 Å². The number of non-ortho nitro benzene ring substituents is 1. The fourth-order valence-corrected chi connectivity index (χ4v) is 3.69. The molecule has 1 N–H and O–H groups in total. The van der Waals surface area contributed by atoms with Crippen molar-refractivity contribution in [3.8, 4) is 0 Å². The van der Waals surface area contributed by atoms with E-state index in [1.54, 1.807) is 12.1 Å². The molecule has 0 atom stereocenters. The lowest BCUT2D eigenvalue weighted by Gasteiger charge is -2.36. The number of amides is 1. The van der Waals surface area contributed by atoms with Crippen LogP contribution in [0.25, 0.3) is 0 Å². The molecule has 3 rings (SSSR count). The first-order chi connectivity index (χ1) is 14.1. The normalized spacial score (nSPS) is 17.6. The number of nitro benzene ring substituents is 1. The number of carbonyl (C=O) groups excluding carboxylic acids is 1. The van der Waals surface area contributed by atoms with Crippen molar-refractivity contribution >= 4 is 41.5 Å². The lowest BCUT2D eigenvalue weighted by atomic mass is 10.2. The molecule has 2 fully saturated rings. The average Bonchev–Trinajstić information content (AvgIpc) is 3.27. The number of piperazine rings is 1. The maximum atomic E-state index is 12.3. The number of benzene rings is 1. The smallest absolute Gasteiger partial charge is 0.269 e. The number of aliphatic imine (C=N–C) groups is 1. The van der Waals surface area contributed by atoms with Gasteiger partial charge < -0.3 is 15.1 Å². The molecule has 0 radical (unpaired) electrons. The van der Waals surface area contributed by atoms with Crippen LogP contribution >= 0.6 is 24.0 Å². The predicted molar refractivity (Wildman–Crippen MR) is 127 cm³/mol. The van der Waals surface area contributed by atoms with E-state index >= 15 is 0 Å². The molecule has 9 nitrogen and oxygen atoms in total. The van der Waals surface area contributed by atoms with Crippen LogP contribution in [0, 0.1) is 10.1 Å². The number of hydrogen-bond donors (Lipinski definition) is 1. The zero-order valence-corrected chi connectivity index (χ0v) is 19.8. The van der Waals surface area contributed by atoms with E-state index in [1.807, 2.05) is 11.8 Å². The lowest BCUT2D eigenvalue weighted by molar-refractivity contribution is -0.384. The van der Waals surface area contributed by atoms with Crippen LogP contribution in [0.4, 0.5) is 5.69 Å². The zero-order valence-electron chi connectivity index (χ0n) is 17.5. The summed E-state index contributed by atoms with van der Waals surface area (Å²) < 4.78 is 0. The van der Waals surface area contributed by atoms with Crippen LogP contribution in [-0.2, 0) is 11.3 Å². The third-order valence-corrected chi connectivity index (χ3v) is 5.38. The van der Waals surface area contributed by atoms with Gasteiger partial charge in [0.25, 0.3) is 5.69 Å². The molecule has 2 aliphatic heterocycles. The molecule has 0 spiro atoms. The topological polar surface area (TPSA) is 94.3 Å². The van der Waals surface area contributed by atoms with E-state index in [-0.39, 0.29) is 35.6 Å². The van der Waals surface area contributed by atoms with Crippen LogP contribution in [0.1, 0.15) is 25.3 Å². The van der Waals surface area contributed by atoms with E-state index in [9.17, 15) is 14.9 Å². The van der Waals surface area contributed by atoms with Crippen molar-refractivity contribution in [2.45, 2.75) is 26.3 Å². The first-order valence-electron chi connectivity index (χ1n) is 10.3. The van der Waals surface area contributed by atoms with Crippen LogP contribution in [0.3, 0.4) is 0 Å². The Labute approximate surface area is 194 Å². The van der Waals surface area contributed by atoms with Gasteiger partial charge in [0.05, 0.1) is 18.0 Å². The monoisotopic (exact) mass is 530 g/mol. The summed E-state index contributed by atoms with van der Waals surface area (Å²) in [6.07, 6.45) is 2.24. The van der Waals surface area contributed by atoms with Crippen molar-refractivity contribution in [3.63, 3.8) is 0 Å². The highest BCUT2D eigenvalue weighted by molar-refractivity contribution is 14.0. The fraction of sp³-hybridized carbons (Fsp3) is 0.600. The number of nitrogens with zero attached hydrogens (tertiary/aromatic N) is 5. The summed E-state index contributed by atoms with van der Waals surface area (Å²) in [4.78, 5) is 33.8. The summed E-state index contributed by atoms with van der Waals surface area (Å²) in [7, 11) is 0. The van der Waals surface area contributed by atoms with Crippen LogP contribution in [0.5, 0.6) is 0 Å². The van der Waals surface area contributed by atoms with E-state index in [0.29, 0.717) is 13.1 Å². The van der Waals surface area contributed by atoms with Gasteiger partial charge in [-0.25, -0.2) is 4.99 Å². The standard InChI is InChI=1S/C20H30N6O3.HI/c1-2-21-20(22-15-17-5-7-18(8-6-17)26(28)29)25-13-11-23(12-14-25)16-19(27)24-9-3-4-10-24;/h5-8H,2-4,9-16H2,1H3,(H,21,22);1H. The Balaban J connectivity index is 0.00000320. The predicted octanol–water partition coefficient (Wildman–Crippen LogP) is 1.92. The van der Waals surface area contributed by atoms with Gasteiger partial charge in [0.15, 0.2) is 5.96 Å². The van der Waals surface area contributed by atoms with Gasteiger partial charge in [-0.2, -0.15) is 0 Å². The summed E-state index contributed by atoms with van der Waals surface area (Å²) in [6.45, 7) is 8.89. The molecule has 0 bridgehead atoms. The third-order valence-electron chi connectivity index (χ3n) is 5.38. The highest BCUT2D eigenvalue weighted by atomic mass is 127. The molecule has 10 heteroatoms. The molecule has 30 heavy (non-hydrogen) atoms. The Kier molecular flexibility index (Phi) is 9.76. The van der Waals surface area contributed by atoms with E-state index in [2.05, 4.69) is 15.1 Å². The van der Waals surface area contributed by atoms with Gasteiger partial charge in [0.2, 0.25) is 5.91 Å². The van der Waals surface area contributed by atoms with Crippen LogP contribution in [0.15, 0.2) is 29.3 Å². The summed E-state index contributed by atoms with van der Waals surface area (Å²) in [5, 5.41) is 14.1. The molecule has 1 aromatic rings. The van der Waals surface area contributed by atoms with E-state index in [4.69, 9.17) is 4.99 Å². The maximum Gasteiger partial charge on any atom is 0.269 e. The molecule has 0 saturated carbocycles. The Bertz CT molecular complexity index is 729. The van der Waals surface area contributed by atoms with Gasteiger partial charge in [-0.1, -0.05) is 12.1 Å². The minimum atomic E-state index is -0.398. The molecular formula is C20H31IN6O3. The van der Waals surface area contributed by atoms with Crippen molar-refractivity contribution in [2.75, 3.05) is 52.4 Å². The Hall–Kier alpha value is -1.95. The molecule has 2 heterocycles. The molecule has 1 amide bonds. The zero-order chi connectivity index (χ0) is 20.6. The van der Waals surface area contributed by atoms with Gasteiger partial charge in [0.1, 0.15) is 0 Å². The number of likely N-dealkylation sites (tertiary alicyclic amines) is 1. The number of halogens is 1. The molecular weight excluding hydrogens is 499 g/mol. The second-order valence-electron chi connectivity index (χ2n) is 7.44. The van der Waals surface area contributed by atoms with Crippen molar-refractivity contribution in [3.05, 3.63) is 39.9 Å². The number of rotatable bonds is 6. The summed E-state index contributed by atoms with van der Waals surface area (Å²) in [6, 6.07) is 6.50. The van der Waals surface area contributed by atoms with Crippen LogP contribution in [-0.4, -0.2) is 83.8 Å². The Morgan fingerprint density at radius 3 is 2.27 bits per heavy atom. The minimum absolute atomic E-state index is 0. The van der Waals surface area contributed by atoms with Crippen molar-refractivity contribution in [1.82, 2.24) is 20.0 Å². The van der Waals surface area contributed by atoms with Crippen LogP contribution in [0.2, 0.25) is 0 Å². The minimum Gasteiger partial charge on any atom is -0.357 e. The first-order valence-corrected chi connectivity index (χ1v) is 10.3. The number of carbonyl (C=O) groups is 1. The first kappa shape index (κ1) is 24.3. The molecule has 0 unspecified atom stereocenters. The molecule has 2 saturated heterocycles. The molecule has 166 valence electrons. The van der Waals surface area contributed by atoms with Crippen molar-refractivity contribution in [1.29, 1.82) is 0 Å². The van der Waals surface area contributed by atoms with Crippen LogP contribution < -0.4 is 5.32 Å². The average molecular weight is 530 g/mol. The quantitative estimate of drug-likeness (QED) is 0.199. The number of hydrogen-bond acceptors (Lipinski definition) is 5. The second kappa shape index (κ2) is 12.0. The van der Waals surface area contributed by atoms with E-state index < -0.39 is 4.92 Å². The molecule has 0 aromatic heterocycles. The number of guanidine groups is 1. The maximum absolute atomic E-state index is 12.3. The van der Waals surface area contributed by atoms with Gasteiger partial charge in [-0.05, 0) is 25.3 Å². The van der Waals surface area contributed by atoms with Gasteiger partial charge >= 0.3 is 0 Å². The fourth-order valence-electron chi connectivity index (χ4n) is 3.69. The summed E-state index contributed by atoms with van der Waals surface area (Å²) >= 11 is 0. The molecule has 1 aromatic carbocycles. The van der Waals surface area contributed by atoms with E-state index in [0.717, 1.165) is 70.2 Å². The Morgan fingerprint density at radius 1 is 1.07 bits per heavy atom. The highest BCUT2D eigenvalue weighted by Gasteiger charge is 2.24. The summed E-state index contributed by atoms with van der Waals surface area (Å²) in [5.41, 5.74) is 1.02. The van der Waals surface area contributed by atoms with Crippen molar-refractivity contribution < 1.29 is 9.72 Å². The SMILES string of the molecule is CCNC(=NCc1ccc([N+](=O)[O-])cc1)N1CCN(CC(=O)N2CCCC2)CC1.I. The van der Waals surface area contributed by atoms with Gasteiger partial charge in [-0.3, -0.25) is 19.8 Å².